The lowest BCUT2D eigenvalue weighted by molar-refractivity contribution is -0.118. The van der Waals surface area contributed by atoms with E-state index in [2.05, 4.69) is 17.1 Å². The van der Waals surface area contributed by atoms with Crippen LogP contribution in [0, 0.1) is 5.92 Å². The van der Waals surface area contributed by atoms with Crippen LogP contribution < -0.4 is 5.32 Å². The second kappa shape index (κ2) is 7.07. The van der Waals surface area contributed by atoms with Gasteiger partial charge in [0.05, 0.1) is 0 Å². The zero-order valence-electron chi connectivity index (χ0n) is 9.47. The Hall–Kier alpha value is -0.280. The fourth-order valence-corrected chi connectivity index (χ4v) is 1.96. The average Bonchev–Trinajstić information content (AvgIpc) is 2.26. The zero-order valence-corrected chi connectivity index (χ0v) is 10.2. The van der Waals surface area contributed by atoms with E-state index in [9.17, 15) is 4.79 Å². The van der Waals surface area contributed by atoms with Gasteiger partial charge in [-0.25, -0.2) is 0 Å². The first-order valence-corrected chi connectivity index (χ1v) is 6.31. The molecule has 1 aliphatic rings. The molecule has 1 rings (SSSR count). The van der Waals surface area contributed by atoms with Crippen LogP contribution in [0.3, 0.4) is 0 Å². The lowest BCUT2D eigenvalue weighted by Crippen LogP contribution is -2.35. The molecule has 1 heterocycles. The highest BCUT2D eigenvalue weighted by Crippen LogP contribution is 2.15. The van der Waals surface area contributed by atoms with Crippen molar-refractivity contribution >= 4 is 17.5 Å². The molecule has 15 heavy (non-hydrogen) atoms. The predicted molar refractivity (Wildman–Crippen MR) is 63.2 cm³/mol. The summed E-state index contributed by atoms with van der Waals surface area (Å²) in [7, 11) is 0. The highest BCUT2D eigenvalue weighted by Gasteiger charge is 2.14. The van der Waals surface area contributed by atoms with Crippen LogP contribution in [-0.4, -0.2) is 42.9 Å². The molecule has 1 N–H and O–H groups in total. The van der Waals surface area contributed by atoms with Gasteiger partial charge in [-0.2, -0.15) is 0 Å². The van der Waals surface area contributed by atoms with E-state index < -0.39 is 0 Å². The van der Waals surface area contributed by atoms with Crippen molar-refractivity contribution in [3.05, 3.63) is 0 Å². The zero-order chi connectivity index (χ0) is 11.1. The van der Waals surface area contributed by atoms with Crippen molar-refractivity contribution in [2.75, 3.05) is 32.1 Å². The van der Waals surface area contributed by atoms with E-state index in [0.717, 1.165) is 25.4 Å². The molecule has 0 bridgehead atoms. The Labute approximate surface area is 97.2 Å². The summed E-state index contributed by atoms with van der Waals surface area (Å²) in [6.45, 7) is 6.58. The molecule has 3 nitrogen and oxygen atoms in total. The van der Waals surface area contributed by atoms with E-state index in [1.54, 1.807) is 0 Å². The molecule has 88 valence electrons. The molecule has 0 saturated carbocycles. The molecule has 0 aromatic heterocycles. The first kappa shape index (κ1) is 12.8. The number of likely N-dealkylation sites (tertiary alicyclic amines) is 1. The molecule has 0 aromatic rings. The van der Waals surface area contributed by atoms with Gasteiger partial charge in [0.15, 0.2) is 0 Å². The summed E-state index contributed by atoms with van der Waals surface area (Å²) in [5.74, 6) is 0.891. The van der Waals surface area contributed by atoms with Gasteiger partial charge in [0.25, 0.3) is 0 Å². The quantitative estimate of drug-likeness (QED) is 0.575. The van der Waals surface area contributed by atoms with E-state index in [4.69, 9.17) is 11.6 Å². The number of alkyl halides is 1. The van der Waals surface area contributed by atoms with Gasteiger partial charge in [-0.3, -0.25) is 4.79 Å². The predicted octanol–water partition coefficient (Wildman–Crippen LogP) is 1.46. The van der Waals surface area contributed by atoms with Crippen LogP contribution in [0.15, 0.2) is 0 Å². The fourth-order valence-electron chi connectivity index (χ4n) is 1.86. The van der Waals surface area contributed by atoms with Gasteiger partial charge >= 0.3 is 0 Å². The lowest BCUT2D eigenvalue weighted by atomic mass is 9.99. The highest BCUT2D eigenvalue weighted by atomic mass is 35.5. The van der Waals surface area contributed by atoms with Gasteiger partial charge in [-0.05, 0) is 44.8 Å². The molecule has 1 saturated heterocycles. The summed E-state index contributed by atoms with van der Waals surface area (Å²) in [4.78, 5) is 13.3. The summed E-state index contributed by atoms with van der Waals surface area (Å²) < 4.78 is 0. The fraction of sp³-hybridized carbons (Fsp3) is 0.909. The third kappa shape index (κ3) is 5.38. The van der Waals surface area contributed by atoms with E-state index in [-0.39, 0.29) is 11.8 Å². The molecule has 1 fully saturated rings. The van der Waals surface area contributed by atoms with Crippen molar-refractivity contribution in [3.63, 3.8) is 0 Å². The maximum Gasteiger partial charge on any atom is 0.234 e. The largest absolute Gasteiger partial charge is 0.355 e. The smallest absolute Gasteiger partial charge is 0.234 e. The van der Waals surface area contributed by atoms with E-state index >= 15 is 0 Å². The molecule has 0 spiro atoms. The number of hydrogen-bond donors (Lipinski definition) is 1. The van der Waals surface area contributed by atoms with Crippen molar-refractivity contribution in [2.24, 2.45) is 5.92 Å². The van der Waals surface area contributed by atoms with E-state index in [1.807, 2.05) is 0 Å². The van der Waals surface area contributed by atoms with Gasteiger partial charge < -0.3 is 10.2 Å². The molecule has 4 heteroatoms. The second-order valence-corrected chi connectivity index (χ2v) is 4.63. The van der Waals surface area contributed by atoms with Gasteiger partial charge in [0.2, 0.25) is 5.91 Å². The monoisotopic (exact) mass is 232 g/mol. The molecule has 0 aromatic carbocycles. The van der Waals surface area contributed by atoms with Crippen molar-refractivity contribution < 1.29 is 4.79 Å². The van der Waals surface area contributed by atoms with Crippen molar-refractivity contribution in [2.45, 2.75) is 26.2 Å². The van der Waals surface area contributed by atoms with Gasteiger partial charge in [-0.1, -0.05) is 6.92 Å². The van der Waals surface area contributed by atoms with Crippen LogP contribution in [0.2, 0.25) is 0 Å². The minimum Gasteiger partial charge on any atom is -0.355 e. The number of carbonyl (C=O) groups excluding carboxylic acids is 1. The molecular formula is C11H21ClN2O. The Morgan fingerprint density at radius 3 is 2.73 bits per heavy atom. The number of nitrogens with zero attached hydrogens (tertiary/aromatic N) is 1. The molecule has 1 aliphatic heterocycles. The van der Waals surface area contributed by atoms with Gasteiger partial charge in [-0.15, -0.1) is 11.6 Å². The minimum absolute atomic E-state index is 0.0658. The van der Waals surface area contributed by atoms with Crippen molar-refractivity contribution in [1.29, 1.82) is 0 Å². The van der Waals surface area contributed by atoms with Crippen LogP contribution in [0.5, 0.6) is 0 Å². The summed E-state index contributed by atoms with van der Waals surface area (Å²) in [6, 6.07) is 0. The number of nitrogens with one attached hydrogen (secondary N) is 1. The van der Waals surface area contributed by atoms with Crippen molar-refractivity contribution in [1.82, 2.24) is 10.2 Å². The Balaban J connectivity index is 1.98. The van der Waals surface area contributed by atoms with E-state index in [0.29, 0.717) is 0 Å². The standard InChI is InChI=1S/C11H21ClN2O/c1-10-3-7-14(8-4-10)6-2-5-13-11(15)9-12/h10H,2-9H2,1H3,(H,13,15). The molecule has 0 aliphatic carbocycles. The number of amides is 1. The maximum atomic E-state index is 10.8. The number of hydrogen-bond acceptors (Lipinski definition) is 2. The van der Waals surface area contributed by atoms with Crippen LogP contribution >= 0.6 is 11.6 Å². The molecule has 1 amide bonds. The highest BCUT2D eigenvalue weighted by molar-refractivity contribution is 6.27. The Morgan fingerprint density at radius 1 is 1.47 bits per heavy atom. The summed E-state index contributed by atoms with van der Waals surface area (Å²) in [6.07, 6.45) is 3.65. The first-order valence-electron chi connectivity index (χ1n) is 5.77. The van der Waals surface area contributed by atoms with Crippen LogP contribution in [0.4, 0.5) is 0 Å². The summed E-state index contributed by atoms with van der Waals surface area (Å²) in [5, 5.41) is 2.78. The van der Waals surface area contributed by atoms with Crippen LogP contribution in [0.1, 0.15) is 26.2 Å². The second-order valence-electron chi connectivity index (χ2n) is 4.36. The maximum absolute atomic E-state index is 10.8. The molecule has 0 unspecified atom stereocenters. The summed E-state index contributed by atoms with van der Waals surface area (Å²) in [5.41, 5.74) is 0. The van der Waals surface area contributed by atoms with Gasteiger partial charge in [0.1, 0.15) is 5.88 Å². The number of halogens is 1. The third-order valence-corrected chi connectivity index (χ3v) is 3.21. The summed E-state index contributed by atoms with van der Waals surface area (Å²) >= 11 is 5.37. The number of carbonyl (C=O) groups is 1. The van der Waals surface area contributed by atoms with E-state index in [1.165, 1.54) is 25.9 Å². The van der Waals surface area contributed by atoms with Crippen LogP contribution in [0.25, 0.3) is 0 Å². The Bertz CT molecular complexity index is 191. The normalized spacial score (nSPS) is 19.1. The number of rotatable bonds is 5. The first-order chi connectivity index (χ1) is 7.22. The topological polar surface area (TPSA) is 32.3 Å². The third-order valence-electron chi connectivity index (χ3n) is 2.97. The Kier molecular flexibility index (Phi) is 6.03. The van der Waals surface area contributed by atoms with Crippen molar-refractivity contribution in [3.8, 4) is 0 Å². The Morgan fingerprint density at radius 2 is 2.13 bits per heavy atom. The molecule has 0 radical (unpaired) electrons. The van der Waals surface area contributed by atoms with Gasteiger partial charge in [0, 0.05) is 6.54 Å². The molecule has 0 atom stereocenters. The minimum atomic E-state index is -0.0658. The average molecular weight is 233 g/mol. The lowest BCUT2D eigenvalue weighted by Gasteiger charge is -2.30. The molecular weight excluding hydrogens is 212 g/mol. The number of piperidine rings is 1. The van der Waals surface area contributed by atoms with Crippen LogP contribution in [-0.2, 0) is 4.79 Å². The SMILES string of the molecule is CC1CCN(CCCNC(=O)CCl)CC1.